The van der Waals surface area contributed by atoms with Gasteiger partial charge in [0.05, 0.1) is 19.8 Å². The fraction of sp³-hybridized carbons (Fsp3) is 0.833. The quantitative estimate of drug-likeness (QED) is 0.547. The van der Waals surface area contributed by atoms with Gasteiger partial charge in [0.15, 0.2) is 0 Å². The van der Waals surface area contributed by atoms with Gasteiger partial charge in [-0.25, -0.2) is 9.59 Å². The lowest BCUT2D eigenvalue weighted by molar-refractivity contribution is -0.146. The van der Waals surface area contributed by atoms with Gasteiger partial charge in [-0.2, -0.15) is 5.06 Å². The first-order valence-corrected chi connectivity index (χ1v) is 6.49. The summed E-state index contributed by atoms with van der Waals surface area (Å²) in [6.07, 6.45) is 3.39. The standard InChI is InChI=1S/C12H20N2O4/c1-3-4-7-18-14-9-5-6-10(11(15)17-2)13(8-9)12(14)16/h9-10H,3-8H2,1-2H3/t9-,10+/m1/s1. The minimum atomic E-state index is -0.446. The monoisotopic (exact) mass is 256 g/mol. The number of piperidine rings is 1. The molecule has 0 aliphatic carbocycles. The first-order chi connectivity index (χ1) is 8.69. The van der Waals surface area contributed by atoms with Gasteiger partial charge in [-0.05, 0) is 19.3 Å². The Morgan fingerprint density at radius 1 is 1.44 bits per heavy atom. The Morgan fingerprint density at radius 3 is 2.89 bits per heavy atom. The van der Waals surface area contributed by atoms with Crippen LogP contribution in [-0.4, -0.2) is 54.3 Å². The minimum Gasteiger partial charge on any atom is -0.467 e. The molecule has 2 rings (SSSR count). The topological polar surface area (TPSA) is 59.1 Å². The second-order valence-corrected chi connectivity index (χ2v) is 4.72. The summed E-state index contributed by atoms with van der Waals surface area (Å²) in [5, 5.41) is 1.44. The van der Waals surface area contributed by atoms with Crippen LogP contribution >= 0.6 is 0 Å². The van der Waals surface area contributed by atoms with E-state index in [0.29, 0.717) is 19.6 Å². The maximum atomic E-state index is 12.1. The van der Waals surface area contributed by atoms with Crippen LogP contribution in [0, 0.1) is 0 Å². The van der Waals surface area contributed by atoms with Crippen molar-refractivity contribution in [2.75, 3.05) is 20.3 Å². The molecule has 2 heterocycles. The van der Waals surface area contributed by atoms with Crippen molar-refractivity contribution in [1.29, 1.82) is 0 Å². The number of rotatable bonds is 5. The van der Waals surface area contributed by atoms with Gasteiger partial charge in [-0.3, -0.25) is 4.84 Å². The zero-order valence-electron chi connectivity index (χ0n) is 10.9. The summed E-state index contributed by atoms with van der Waals surface area (Å²) >= 11 is 0. The highest BCUT2D eigenvalue weighted by Gasteiger charge is 2.48. The minimum absolute atomic E-state index is 0.0789. The number of ether oxygens (including phenoxy) is 1. The Balaban J connectivity index is 1.99. The number of hydrogen-bond acceptors (Lipinski definition) is 4. The fourth-order valence-electron chi connectivity index (χ4n) is 2.49. The summed E-state index contributed by atoms with van der Waals surface area (Å²) in [4.78, 5) is 30.8. The van der Waals surface area contributed by atoms with E-state index in [1.807, 2.05) is 0 Å². The predicted molar refractivity (Wildman–Crippen MR) is 63.6 cm³/mol. The van der Waals surface area contributed by atoms with Crippen LogP contribution in [0.15, 0.2) is 0 Å². The van der Waals surface area contributed by atoms with Crippen LogP contribution in [-0.2, 0) is 14.4 Å². The molecule has 2 amide bonds. The van der Waals surface area contributed by atoms with Crippen molar-refractivity contribution < 1.29 is 19.2 Å². The lowest BCUT2D eigenvalue weighted by Gasteiger charge is -2.27. The number of hydroxylamine groups is 2. The second kappa shape index (κ2) is 5.56. The van der Waals surface area contributed by atoms with Gasteiger partial charge in [0.1, 0.15) is 6.04 Å². The predicted octanol–water partition coefficient (Wildman–Crippen LogP) is 1.16. The molecule has 0 radical (unpaired) electrons. The van der Waals surface area contributed by atoms with E-state index in [4.69, 9.17) is 9.57 Å². The molecule has 6 nitrogen and oxygen atoms in total. The van der Waals surface area contributed by atoms with Crippen LogP contribution in [0.4, 0.5) is 4.79 Å². The van der Waals surface area contributed by atoms with E-state index >= 15 is 0 Å². The molecule has 2 aliphatic heterocycles. The van der Waals surface area contributed by atoms with Gasteiger partial charge in [0, 0.05) is 6.54 Å². The average molecular weight is 256 g/mol. The lowest BCUT2D eigenvalue weighted by atomic mass is 10.0. The summed E-state index contributed by atoms with van der Waals surface area (Å²) in [6.45, 7) is 3.19. The van der Waals surface area contributed by atoms with Crippen LogP contribution in [0.25, 0.3) is 0 Å². The Morgan fingerprint density at radius 2 is 2.22 bits per heavy atom. The van der Waals surface area contributed by atoms with Gasteiger partial charge in [-0.1, -0.05) is 13.3 Å². The molecule has 2 aliphatic rings. The number of nitrogens with zero attached hydrogens (tertiary/aromatic N) is 2. The maximum Gasteiger partial charge on any atom is 0.345 e. The molecule has 0 spiro atoms. The molecule has 0 saturated carbocycles. The molecule has 2 bridgehead atoms. The van der Waals surface area contributed by atoms with E-state index < -0.39 is 6.04 Å². The molecule has 0 unspecified atom stereocenters. The first-order valence-electron chi connectivity index (χ1n) is 6.49. The number of amides is 2. The van der Waals surface area contributed by atoms with Crippen molar-refractivity contribution in [2.45, 2.75) is 44.7 Å². The number of carbonyl (C=O) groups excluding carboxylic acids is 2. The summed E-state index contributed by atoms with van der Waals surface area (Å²) in [5.74, 6) is -0.336. The van der Waals surface area contributed by atoms with Crippen LogP contribution in [0.5, 0.6) is 0 Å². The number of hydrogen-bond donors (Lipinski definition) is 0. The first kappa shape index (κ1) is 13.1. The Labute approximate surface area is 107 Å². The van der Waals surface area contributed by atoms with Crippen molar-refractivity contribution in [3.8, 4) is 0 Å². The molecular formula is C12H20N2O4. The molecule has 2 fully saturated rings. The van der Waals surface area contributed by atoms with Gasteiger partial charge in [0.2, 0.25) is 0 Å². The number of urea groups is 1. The molecule has 0 aromatic carbocycles. The zero-order chi connectivity index (χ0) is 13.1. The fourth-order valence-corrected chi connectivity index (χ4v) is 2.49. The summed E-state index contributed by atoms with van der Waals surface area (Å²) in [6, 6.07) is -0.571. The largest absolute Gasteiger partial charge is 0.467 e. The SMILES string of the molecule is CCCCON1C(=O)N2C[C@H]1CC[C@H]2C(=O)OC. The van der Waals surface area contributed by atoms with E-state index in [-0.39, 0.29) is 18.0 Å². The molecule has 0 aromatic heterocycles. The van der Waals surface area contributed by atoms with Crippen molar-refractivity contribution in [3.63, 3.8) is 0 Å². The van der Waals surface area contributed by atoms with Crippen LogP contribution in [0.2, 0.25) is 0 Å². The van der Waals surface area contributed by atoms with Crippen LogP contribution in [0.3, 0.4) is 0 Å². The molecule has 0 aromatic rings. The highest BCUT2D eigenvalue weighted by Crippen LogP contribution is 2.30. The van der Waals surface area contributed by atoms with Crippen molar-refractivity contribution in [1.82, 2.24) is 9.96 Å². The number of fused-ring (bicyclic) bond motifs is 2. The zero-order valence-corrected chi connectivity index (χ0v) is 10.9. The molecular weight excluding hydrogens is 236 g/mol. The second-order valence-electron chi connectivity index (χ2n) is 4.72. The van der Waals surface area contributed by atoms with Gasteiger partial charge >= 0.3 is 12.0 Å². The number of methoxy groups -OCH3 is 1. The highest BCUT2D eigenvalue weighted by molar-refractivity contribution is 5.85. The third kappa shape index (κ3) is 2.29. The van der Waals surface area contributed by atoms with Gasteiger partial charge < -0.3 is 9.64 Å². The molecule has 2 atom stereocenters. The summed E-state index contributed by atoms with van der Waals surface area (Å²) in [7, 11) is 1.35. The molecule has 6 heteroatoms. The smallest absolute Gasteiger partial charge is 0.345 e. The van der Waals surface area contributed by atoms with E-state index in [9.17, 15) is 9.59 Å². The van der Waals surface area contributed by atoms with Crippen molar-refractivity contribution in [3.05, 3.63) is 0 Å². The lowest BCUT2D eigenvalue weighted by Crippen LogP contribution is -2.45. The number of unbranched alkanes of at least 4 members (excludes halogenated alkanes) is 1. The Bertz CT molecular complexity index is 334. The average Bonchev–Trinajstić information content (AvgIpc) is 2.63. The normalized spacial score (nSPS) is 26.7. The number of carbonyl (C=O) groups is 2. The maximum absolute atomic E-state index is 12.1. The van der Waals surface area contributed by atoms with Crippen LogP contribution < -0.4 is 0 Å². The van der Waals surface area contributed by atoms with Gasteiger partial charge in [-0.15, -0.1) is 0 Å². The van der Waals surface area contributed by atoms with Gasteiger partial charge in [0.25, 0.3) is 0 Å². The summed E-state index contributed by atoms with van der Waals surface area (Å²) < 4.78 is 4.73. The van der Waals surface area contributed by atoms with Crippen molar-refractivity contribution >= 4 is 12.0 Å². The Kier molecular flexibility index (Phi) is 4.06. The van der Waals surface area contributed by atoms with E-state index in [1.165, 1.54) is 12.2 Å². The third-order valence-electron chi connectivity index (χ3n) is 3.52. The van der Waals surface area contributed by atoms with E-state index in [0.717, 1.165) is 19.3 Å². The molecule has 18 heavy (non-hydrogen) atoms. The van der Waals surface area contributed by atoms with E-state index in [2.05, 4.69) is 6.92 Å². The molecule has 102 valence electrons. The van der Waals surface area contributed by atoms with Crippen LogP contribution in [0.1, 0.15) is 32.6 Å². The Hall–Kier alpha value is -1.30. The number of esters is 1. The molecule has 2 saturated heterocycles. The van der Waals surface area contributed by atoms with Crippen molar-refractivity contribution in [2.24, 2.45) is 0 Å². The summed E-state index contributed by atoms with van der Waals surface area (Å²) in [5.41, 5.74) is 0. The third-order valence-corrected chi connectivity index (χ3v) is 3.52. The molecule has 0 N–H and O–H groups in total. The van der Waals surface area contributed by atoms with E-state index in [1.54, 1.807) is 4.90 Å². The highest BCUT2D eigenvalue weighted by atomic mass is 16.7.